The molecule has 0 spiro atoms. The van der Waals surface area contributed by atoms with Gasteiger partial charge in [0.1, 0.15) is 10.6 Å². The summed E-state index contributed by atoms with van der Waals surface area (Å²) in [5.41, 5.74) is 1.93. The minimum atomic E-state index is -0.473. The SMILES string of the molecule is COc1ccc(-n2c(SCC(C)O)nc3sc4c(c3c2=O)CCC(C)C4)cc1. The number of rotatable bonds is 5. The monoisotopic (exact) mass is 416 g/mol. The van der Waals surface area contributed by atoms with Crippen molar-refractivity contribution in [2.24, 2.45) is 5.92 Å². The zero-order valence-electron chi connectivity index (χ0n) is 16.3. The summed E-state index contributed by atoms with van der Waals surface area (Å²) >= 11 is 3.07. The summed E-state index contributed by atoms with van der Waals surface area (Å²) in [6.07, 6.45) is 2.60. The second-order valence-corrected chi connectivity index (χ2v) is 9.50. The molecule has 2 unspecified atom stereocenters. The summed E-state index contributed by atoms with van der Waals surface area (Å²) in [5.74, 6) is 1.87. The first-order valence-electron chi connectivity index (χ1n) is 9.50. The molecule has 1 aliphatic carbocycles. The molecule has 2 aromatic heterocycles. The van der Waals surface area contributed by atoms with Crippen LogP contribution in [0.5, 0.6) is 5.75 Å². The highest BCUT2D eigenvalue weighted by atomic mass is 32.2. The topological polar surface area (TPSA) is 64.3 Å². The number of hydrogen-bond acceptors (Lipinski definition) is 6. The molecule has 4 rings (SSSR count). The molecule has 1 N–H and O–H groups in total. The molecule has 0 bridgehead atoms. The lowest BCUT2D eigenvalue weighted by Gasteiger charge is -2.18. The number of aromatic nitrogens is 2. The summed E-state index contributed by atoms with van der Waals surface area (Å²) < 4.78 is 6.93. The van der Waals surface area contributed by atoms with Crippen molar-refractivity contribution in [2.45, 2.75) is 44.4 Å². The van der Waals surface area contributed by atoms with Crippen LogP contribution in [0.4, 0.5) is 0 Å². The number of aliphatic hydroxyl groups is 1. The fourth-order valence-electron chi connectivity index (χ4n) is 3.62. The lowest BCUT2D eigenvalue weighted by Crippen LogP contribution is -2.23. The minimum Gasteiger partial charge on any atom is -0.497 e. The highest BCUT2D eigenvalue weighted by Crippen LogP contribution is 2.37. The average Bonchev–Trinajstić information content (AvgIpc) is 3.04. The smallest absolute Gasteiger partial charge is 0.267 e. The van der Waals surface area contributed by atoms with Crippen LogP contribution in [0.3, 0.4) is 0 Å². The number of methoxy groups -OCH3 is 1. The predicted octanol–water partition coefficient (Wildman–Crippen LogP) is 4.05. The van der Waals surface area contributed by atoms with Crippen LogP contribution in [0.25, 0.3) is 15.9 Å². The van der Waals surface area contributed by atoms with Crippen LogP contribution in [-0.4, -0.2) is 33.6 Å². The van der Waals surface area contributed by atoms with Crippen LogP contribution in [0, 0.1) is 5.92 Å². The highest BCUT2D eigenvalue weighted by Gasteiger charge is 2.25. The molecule has 1 aliphatic rings. The second kappa shape index (κ2) is 7.89. The van der Waals surface area contributed by atoms with E-state index in [2.05, 4.69) is 6.92 Å². The first-order chi connectivity index (χ1) is 13.5. The number of fused-ring (bicyclic) bond motifs is 3. The lowest BCUT2D eigenvalue weighted by atomic mass is 9.89. The van der Waals surface area contributed by atoms with E-state index in [-0.39, 0.29) is 5.56 Å². The van der Waals surface area contributed by atoms with Gasteiger partial charge in [-0.15, -0.1) is 11.3 Å². The van der Waals surface area contributed by atoms with Crippen molar-refractivity contribution in [3.8, 4) is 11.4 Å². The van der Waals surface area contributed by atoms with Gasteiger partial charge in [0, 0.05) is 10.6 Å². The molecule has 28 heavy (non-hydrogen) atoms. The van der Waals surface area contributed by atoms with Crippen LogP contribution >= 0.6 is 23.1 Å². The number of thioether (sulfide) groups is 1. The number of nitrogens with zero attached hydrogens (tertiary/aromatic N) is 2. The summed E-state index contributed by atoms with van der Waals surface area (Å²) in [7, 11) is 1.62. The molecule has 148 valence electrons. The molecule has 0 radical (unpaired) electrons. The van der Waals surface area contributed by atoms with Gasteiger partial charge >= 0.3 is 0 Å². The van der Waals surface area contributed by atoms with E-state index in [0.29, 0.717) is 16.8 Å². The average molecular weight is 417 g/mol. The summed E-state index contributed by atoms with van der Waals surface area (Å²) in [4.78, 5) is 20.6. The molecule has 2 atom stereocenters. The number of hydrogen-bond donors (Lipinski definition) is 1. The molecule has 7 heteroatoms. The van der Waals surface area contributed by atoms with E-state index in [1.165, 1.54) is 22.2 Å². The van der Waals surface area contributed by atoms with Gasteiger partial charge in [0.15, 0.2) is 5.16 Å². The third kappa shape index (κ3) is 3.58. The Hall–Kier alpha value is -1.83. The quantitative estimate of drug-likeness (QED) is 0.502. The molecule has 0 amide bonds. The van der Waals surface area contributed by atoms with Gasteiger partial charge in [-0.25, -0.2) is 4.98 Å². The number of aliphatic hydroxyl groups excluding tert-OH is 1. The fourth-order valence-corrected chi connectivity index (χ4v) is 5.92. The van der Waals surface area contributed by atoms with Crippen LogP contribution in [0.2, 0.25) is 0 Å². The van der Waals surface area contributed by atoms with Crippen molar-refractivity contribution in [2.75, 3.05) is 12.9 Å². The molecule has 1 aromatic carbocycles. The molecule has 2 heterocycles. The lowest BCUT2D eigenvalue weighted by molar-refractivity contribution is 0.220. The molecule has 3 aromatic rings. The Morgan fingerprint density at radius 2 is 2.14 bits per heavy atom. The van der Waals surface area contributed by atoms with Gasteiger partial charge in [-0.1, -0.05) is 18.7 Å². The summed E-state index contributed by atoms with van der Waals surface area (Å²) in [6.45, 7) is 4.01. The third-order valence-electron chi connectivity index (χ3n) is 5.08. The van der Waals surface area contributed by atoms with E-state index in [1.807, 2.05) is 24.3 Å². The molecular formula is C21H24N2O3S2. The maximum Gasteiger partial charge on any atom is 0.267 e. The Kier molecular flexibility index (Phi) is 5.49. The maximum absolute atomic E-state index is 13.6. The van der Waals surface area contributed by atoms with Crippen LogP contribution < -0.4 is 10.3 Å². The van der Waals surface area contributed by atoms with E-state index < -0.39 is 6.10 Å². The molecule has 0 aliphatic heterocycles. The highest BCUT2D eigenvalue weighted by molar-refractivity contribution is 7.99. The fraction of sp³-hybridized carbons (Fsp3) is 0.429. The van der Waals surface area contributed by atoms with Gasteiger partial charge < -0.3 is 9.84 Å². The first kappa shape index (κ1) is 19.5. The van der Waals surface area contributed by atoms with Gasteiger partial charge in [0.25, 0.3) is 5.56 Å². The van der Waals surface area contributed by atoms with Gasteiger partial charge in [0.2, 0.25) is 0 Å². The Morgan fingerprint density at radius 3 is 2.82 bits per heavy atom. The summed E-state index contributed by atoms with van der Waals surface area (Å²) in [6, 6.07) is 7.45. The summed E-state index contributed by atoms with van der Waals surface area (Å²) in [5, 5.41) is 11.1. The van der Waals surface area contributed by atoms with Gasteiger partial charge in [-0.2, -0.15) is 0 Å². The van der Waals surface area contributed by atoms with Crippen molar-refractivity contribution < 1.29 is 9.84 Å². The van der Waals surface area contributed by atoms with Crippen molar-refractivity contribution >= 4 is 33.3 Å². The zero-order valence-corrected chi connectivity index (χ0v) is 17.9. The molecule has 0 saturated heterocycles. The number of thiophene rings is 1. The molecular weight excluding hydrogens is 392 g/mol. The van der Waals surface area contributed by atoms with E-state index in [0.717, 1.165) is 40.9 Å². The Bertz CT molecular complexity index is 1050. The van der Waals surface area contributed by atoms with Crippen molar-refractivity contribution in [3.05, 3.63) is 45.1 Å². The molecule has 0 saturated carbocycles. The number of benzene rings is 1. The van der Waals surface area contributed by atoms with E-state index >= 15 is 0 Å². The Balaban J connectivity index is 1.92. The second-order valence-electron chi connectivity index (χ2n) is 7.42. The van der Waals surface area contributed by atoms with Crippen LogP contribution in [-0.2, 0) is 12.8 Å². The minimum absolute atomic E-state index is 0.0182. The van der Waals surface area contributed by atoms with Gasteiger partial charge in [-0.3, -0.25) is 9.36 Å². The maximum atomic E-state index is 13.6. The number of aryl methyl sites for hydroxylation is 1. The Morgan fingerprint density at radius 1 is 1.39 bits per heavy atom. The normalized spacial score (nSPS) is 17.5. The van der Waals surface area contributed by atoms with E-state index in [1.54, 1.807) is 29.9 Å². The molecule has 5 nitrogen and oxygen atoms in total. The van der Waals surface area contributed by atoms with Crippen molar-refractivity contribution in [1.82, 2.24) is 9.55 Å². The van der Waals surface area contributed by atoms with Crippen LogP contribution in [0.15, 0.2) is 34.2 Å². The van der Waals surface area contributed by atoms with Crippen molar-refractivity contribution in [1.29, 1.82) is 0 Å². The van der Waals surface area contributed by atoms with E-state index in [9.17, 15) is 9.90 Å². The predicted molar refractivity (Wildman–Crippen MR) is 115 cm³/mol. The van der Waals surface area contributed by atoms with Crippen LogP contribution in [0.1, 0.15) is 30.7 Å². The van der Waals surface area contributed by atoms with Crippen molar-refractivity contribution in [3.63, 3.8) is 0 Å². The largest absolute Gasteiger partial charge is 0.497 e. The van der Waals surface area contributed by atoms with E-state index in [4.69, 9.17) is 9.72 Å². The molecule has 0 fully saturated rings. The van der Waals surface area contributed by atoms with Gasteiger partial charge in [0.05, 0.1) is 24.3 Å². The Labute approximate surface area is 172 Å². The van der Waals surface area contributed by atoms with Gasteiger partial charge in [-0.05, 0) is 61.9 Å². The zero-order chi connectivity index (χ0) is 19.8. The third-order valence-corrected chi connectivity index (χ3v) is 7.41. The first-order valence-corrected chi connectivity index (χ1v) is 11.3. The standard InChI is InChI=1S/C21H24N2O3S2/c1-12-4-9-16-17(10-12)28-19-18(16)20(25)23(21(22-19)27-11-13(2)24)14-5-7-15(26-3)8-6-14/h5-8,12-13,24H,4,9-11H2,1-3H3. The number of ether oxygens (including phenoxy) is 1.